The highest BCUT2D eigenvalue weighted by atomic mass is 32.2. The summed E-state index contributed by atoms with van der Waals surface area (Å²) in [5, 5.41) is 2.69. The van der Waals surface area contributed by atoms with Gasteiger partial charge in [0, 0.05) is 0 Å². The maximum atomic E-state index is 11.5. The van der Waals surface area contributed by atoms with Crippen LogP contribution in [0, 0.1) is 0 Å². The molecule has 1 aliphatic heterocycles. The number of anilines is 1. The normalized spacial score (nSPS) is 18.3. The van der Waals surface area contributed by atoms with Gasteiger partial charge in [0.25, 0.3) is 10.1 Å². The largest absolute Gasteiger partial charge is 0.340 e. The van der Waals surface area contributed by atoms with Gasteiger partial charge in [-0.25, -0.2) is 4.98 Å². The van der Waals surface area contributed by atoms with Crippen LogP contribution in [-0.4, -0.2) is 40.4 Å². The molecule has 0 aromatic carbocycles. The molecule has 0 fully saturated rings. The first kappa shape index (κ1) is 10.8. The van der Waals surface area contributed by atoms with E-state index in [1.165, 1.54) is 6.33 Å². The first-order valence-corrected chi connectivity index (χ1v) is 5.89. The van der Waals surface area contributed by atoms with Crippen molar-refractivity contribution in [3.8, 4) is 0 Å². The molecular formula is C7H8N4O4S. The van der Waals surface area contributed by atoms with Gasteiger partial charge in [-0.1, -0.05) is 0 Å². The minimum absolute atomic E-state index is 0.0509. The summed E-state index contributed by atoms with van der Waals surface area (Å²) in [6.45, 7) is 0. The zero-order valence-electron chi connectivity index (χ0n) is 7.97. The number of hydrogen-bond donors (Lipinski definition) is 3. The number of rotatable bonds is 2. The molecule has 2 heterocycles. The number of ketones is 1. The highest BCUT2D eigenvalue weighted by molar-refractivity contribution is 7.85. The summed E-state index contributed by atoms with van der Waals surface area (Å²) in [4.78, 5) is 21.5. The molecule has 8 nitrogen and oxygen atoms in total. The lowest BCUT2D eigenvalue weighted by Crippen LogP contribution is -2.25. The van der Waals surface area contributed by atoms with E-state index in [2.05, 4.69) is 20.3 Å². The standard InChI is InChI=1S/C7H8N4O4S/c12-4-1-5(10-3-16(13,14)15)11-7-6(4)8-2-9-7/h2H,1,3H2,(H,8,9)(H,10,11)(H,13,14,15). The molecule has 0 atom stereocenters. The van der Waals surface area contributed by atoms with Gasteiger partial charge in [0.05, 0.1) is 12.7 Å². The number of aromatic amines is 1. The molecule has 86 valence electrons. The number of Topliss-reactive ketones (excluding diaryl/α,β-unsaturated/α-hetero) is 1. The Hall–Kier alpha value is -1.74. The van der Waals surface area contributed by atoms with Gasteiger partial charge >= 0.3 is 0 Å². The molecule has 0 saturated heterocycles. The number of hydrogen-bond acceptors (Lipinski definition) is 5. The van der Waals surface area contributed by atoms with Gasteiger partial charge in [0.2, 0.25) is 0 Å². The van der Waals surface area contributed by atoms with E-state index in [9.17, 15) is 13.2 Å². The fourth-order valence-corrected chi connectivity index (χ4v) is 1.60. The molecule has 0 bridgehead atoms. The van der Waals surface area contributed by atoms with Crippen molar-refractivity contribution in [3.63, 3.8) is 0 Å². The van der Waals surface area contributed by atoms with Gasteiger partial charge in [-0.3, -0.25) is 14.3 Å². The summed E-state index contributed by atoms with van der Waals surface area (Å²) < 4.78 is 29.4. The summed E-state index contributed by atoms with van der Waals surface area (Å²) in [5.41, 5.74) is 0.339. The van der Waals surface area contributed by atoms with Gasteiger partial charge in [0.1, 0.15) is 11.5 Å². The molecule has 0 unspecified atom stereocenters. The van der Waals surface area contributed by atoms with Crippen LogP contribution in [0.3, 0.4) is 0 Å². The van der Waals surface area contributed by atoms with E-state index in [1.807, 2.05) is 0 Å². The topological polar surface area (TPSA) is 125 Å². The molecular weight excluding hydrogens is 236 g/mol. The first-order chi connectivity index (χ1) is 7.46. The van der Waals surface area contributed by atoms with Crippen molar-refractivity contribution in [1.82, 2.24) is 9.97 Å². The van der Waals surface area contributed by atoms with Crippen molar-refractivity contribution in [2.24, 2.45) is 4.99 Å². The average Bonchev–Trinajstić information content (AvgIpc) is 2.62. The summed E-state index contributed by atoms with van der Waals surface area (Å²) in [5.74, 6) is -0.532. The number of fused-ring (bicyclic) bond motifs is 1. The third kappa shape index (κ3) is 2.25. The van der Waals surface area contributed by atoms with Gasteiger partial charge in [0.15, 0.2) is 17.5 Å². The van der Waals surface area contributed by atoms with Crippen LogP contribution in [0.5, 0.6) is 0 Å². The molecule has 3 N–H and O–H groups in total. The summed E-state index contributed by atoms with van der Waals surface area (Å²) >= 11 is 0. The maximum Gasteiger partial charge on any atom is 0.285 e. The van der Waals surface area contributed by atoms with E-state index in [1.54, 1.807) is 0 Å². The van der Waals surface area contributed by atoms with Crippen molar-refractivity contribution >= 4 is 27.6 Å². The monoisotopic (exact) mass is 244 g/mol. The van der Waals surface area contributed by atoms with Crippen molar-refractivity contribution in [1.29, 1.82) is 0 Å². The lowest BCUT2D eigenvalue weighted by atomic mass is 10.1. The maximum absolute atomic E-state index is 11.5. The Morgan fingerprint density at radius 3 is 3.00 bits per heavy atom. The predicted octanol–water partition coefficient (Wildman–Crippen LogP) is -0.348. The molecule has 1 aromatic rings. The Morgan fingerprint density at radius 2 is 2.31 bits per heavy atom. The highest BCUT2D eigenvalue weighted by Crippen LogP contribution is 2.17. The quantitative estimate of drug-likeness (QED) is 0.611. The summed E-state index contributed by atoms with van der Waals surface area (Å²) in [6.07, 6.45) is 1.30. The molecule has 0 saturated carbocycles. The zero-order chi connectivity index (χ0) is 11.8. The zero-order valence-corrected chi connectivity index (χ0v) is 8.78. The fraction of sp³-hybridized carbons (Fsp3) is 0.286. The Bertz CT molecular complexity index is 559. The van der Waals surface area contributed by atoms with Crippen LogP contribution in [0.2, 0.25) is 0 Å². The summed E-state index contributed by atoms with van der Waals surface area (Å²) in [7, 11) is -4.17. The van der Waals surface area contributed by atoms with Crippen LogP contribution in [0.25, 0.3) is 0 Å². The van der Waals surface area contributed by atoms with Crippen molar-refractivity contribution in [2.45, 2.75) is 6.42 Å². The number of imidazole rings is 1. The van der Waals surface area contributed by atoms with Crippen LogP contribution >= 0.6 is 0 Å². The van der Waals surface area contributed by atoms with Crippen LogP contribution in [0.15, 0.2) is 11.3 Å². The number of amidine groups is 1. The average molecular weight is 244 g/mol. The van der Waals surface area contributed by atoms with Crippen molar-refractivity contribution in [2.75, 3.05) is 11.2 Å². The van der Waals surface area contributed by atoms with Gasteiger partial charge < -0.3 is 10.3 Å². The Labute approximate surface area is 90.5 Å². The molecule has 9 heteroatoms. The smallest absolute Gasteiger partial charge is 0.285 e. The number of nitrogens with zero attached hydrogens (tertiary/aromatic N) is 2. The molecule has 0 amide bonds. The molecule has 0 spiro atoms. The third-order valence-electron chi connectivity index (χ3n) is 1.93. The SMILES string of the molecule is O=C1CC(=NCS(=O)(=O)O)Nc2nc[nH]c21. The lowest BCUT2D eigenvalue weighted by molar-refractivity contribution is 0.0995. The number of aromatic nitrogens is 2. The summed E-state index contributed by atoms with van der Waals surface area (Å²) in [6, 6.07) is 0. The molecule has 16 heavy (non-hydrogen) atoms. The van der Waals surface area contributed by atoms with Crippen molar-refractivity contribution in [3.05, 3.63) is 12.0 Å². The van der Waals surface area contributed by atoms with Crippen LogP contribution in [0.4, 0.5) is 5.82 Å². The lowest BCUT2D eigenvalue weighted by Gasteiger charge is -2.13. The second-order valence-electron chi connectivity index (χ2n) is 3.17. The van der Waals surface area contributed by atoms with Crippen LogP contribution < -0.4 is 5.32 Å². The molecule has 2 rings (SSSR count). The van der Waals surface area contributed by atoms with Gasteiger partial charge in [-0.05, 0) is 0 Å². The molecule has 0 radical (unpaired) electrons. The first-order valence-electron chi connectivity index (χ1n) is 4.28. The predicted molar refractivity (Wildman–Crippen MR) is 55.0 cm³/mol. The van der Waals surface area contributed by atoms with Gasteiger partial charge in [-0.2, -0.15) is 8.42 Å². The molecule has 1 aromatic heterocycles. The molecule has 0 aliphatic carbocycles. The number of carbonyl (C=O) groups is 1. The Morgan fingerprint density at radius 1 is 1.56 bits per heavy atom. The van der Waals surface area contributed by atoms with Crippen LogP contribution in [-0.2, 0) is 10.1 Å². The van der Waals surface area contributed by atoms with E-state index < -0.39 is 16.0 Å². The van der Waals surface area contributed by atoms with Gasteiger partial charge in [-0.15, -0.1) is 0 Å². The van der Waals surface area contributed by atoms with Crippen molar-refractivity contribution < 1.29 is 17.8 Å². The number of aliphatic imine (C=N–C) groups is 1. The van der Waals surface area contributed by atoms with Crippen LogP contribution in [0.1, 0.15) is 16.9 Å². The minimum Gasteiger partial charge on any atom is -0.340 e. The Balaban J connectivity index is 2.21. The Kier molecular flexibility index (Phi) is 2.48. The third-order valence-corrected chi connectivity index (χ3v) is 2.38. The van der Waals surface area contributed by atoms with E-state index in [-0.39, 0.29) is 18.0 Å². The molecule has 1 aliphatic rings. The second-order valence-corrected chi connectivity index (χ2v) is 4.59. The highest BCUT2D eigenvalue weighted by Gasteiger charge is 2.23. The van der Waals surface area contributed by atoms with E-state index >= 15 is 0 Å². The van der Waals surface area contributed by atoms with E-state index in [4.69, 9.17) is 4.55 Å². The minimum atomic E-state index is -4.17. The number of nitrogens with one attached hydrogen (secondary N) is 2. The fourth-order valence-electron chi connectivity index (χ4n) is 1.28. The van der Waals surface area contributed by atoms with E-state index in [0.717, 1.165) is 0 Å². The van der Waals surface area contributed by atoms with E-state index in [0.29, 0.717) is 11.5 Å². The number of carbonyl (C=O) groups excluding carboxylic acids is 1. The second kappa shape index (κ2) is 3.68. The number of H-pyrrole nitrogens is 1.